The Bertz CT molecular complexity index is 829. The maximum Gasteiger partial charge on any atom is 0.266 e. The van der Waals surface area contributed by atoms with Crippen LogP contribution >= 0.6 is 24.0 Å². The lowest BCUT2D eigenvalue weighted by molar-refractivity contribution is -0.122. The smallest absolute Gasteiger partial charge is 0.266 e. The molecule has 0 radical (unpaired) electrons. The van der Waals surface area contributed by atoms with Gasteiger partial charge in [-0.3, -0.25) is 14.5 Å². The Hall–Kier alpha value is -2.58. The first-order chi connectivity index (χ1) is 12.0. The molecule has 3 rings (SSSR count). The standard InChI is InChI=1S/C17H14N2O4S2/c20-12-5-3-11(4-6-12)18-15(21)7-8-19-16(22)14(25-17(19)24)10-13-2-1-9-23-13/h1-6,9-10,20H,7-8H2,(H,18,21). The van der Waals surface area contributed by atoms with Gasteiger partial charge in [0.1, 0.15) is 15.8 Å². The highest BCUT2D eigenvalue weighted by Crippen LogP contribution is 2.32. The minimum absolute atomic E-state index is 0.112. The molecular formula is C17H14N2O4S2. The monoisotopic (exact) mass is 374 g/mol. The van der Waals surface area contributed by atoms with Crippen LogP contribution in [-0.2, 0) is 9.59 Å². The van der Waals surface area contributed by atoms with Crippen molar-refractivity contribution in [2.75, 3.05) is 11.9 Å². The first-order valence-corrected chi connectivity index (χ1v) is 8.63. The average Bonchev–Trinajstić information content (AvgIpc) is 3.18. The number of nitrogens with zero attached hydrogens (tertiary/aromatic N) is 1. The fourth-order valence-electron chi connectivity index (χ4n) is 2.18. The number of thiocarbonyl (C=S) groups is 1. The fraction of sp³-hybridized carbons (Fsp3) is 0.118. The zero-order valence-electron chi connectivity index (χ0n) is 13.0. The highest BCUT2D eigenvalue weighted by molar-refractivity contribution is 8.26. The normalized spacial score (nSPS) is 15.8. The van der Waals surface area contributed by atoms with Crippen LogP contribution in [0.25, 0.3) is 6.08 Å². The summed E-state index contributed by atoms with van der Waals surface area (Å²) < 4.78 is 5.62. The third kappa shape index (κ3) is 4.28. The number of amides is 2. The van der Waals surface area contributed by atoms with E-state index in [-0.39, 0.29) is 30.5 Å². The molecule has 1 aromatic heterocycles. The summed E-state index contributed by atoms with van der Waals surface area (Å²) in [5, 5.41) is 11.9. The van der Waals surface area contributed by atoms with Crippen LogP contribution in [0.4, 0.5) is 5.69 Å². The number of carbonyl (C=O) groups is 2. The van der Waals surface area contributed by atoms with Crippen molar-refractivity contribution in [1.82, 2.24) is 4.90 Å². The number of aromatic hydroxyl groups is 1. The van der Waals surface area contributed by atoms with E-state index in [0.29, 0.717) is 20.7 Å². The third-order valence-corrected chi connectivity index (χ3v) is 4.78. The summed E-state index contributed by atoms with van der Waals surface area (Å²) in [5.41, 5.74) is 0.575. The quantitative estimate of drug-likeness (QED) is 0.475. The highest BCUT2D eigenvalue weighted by atomic mass is 32.2. The summed E-state index contributed by atoms with van der Waals surface area (Å²) in [4.78, 5) is 26.3. The van der Waals surface area contributed by atoms with Gasteiger partial charge in [0.2, 0.25) is 5.91 Å². The summed E-state index contributed by atoms with van der Waals surface area (Å²) in [6, 6.07) is 9.64. The number of hydrogen-bond donors (Lipinski definition) is 2. The maximum absolute atomic E-state index is 12.4. The number of nitrogens with one attached hydrogen (secondary N) is 1. The molecule has 6 nitrogen and oxygen atoms in total. The molecule has 0 atom stereocenters. The van der Waals surface area contributed by atoms with E-state index < -0.39 is 0 Å². The van der Waals surface area contributed by atoms with Crippen molar-refractivity contribution < 1.29 is 19.1 Å². The predicted octanol–water partition coefficient (Wildman–Crippen LogP) is 3.22. The minimum Gasteiger partial charge on any atom is -0.508 e. The van der Waals surface area contributed by atoms with Gasteiger partial charge in [-0.25, -0.2) is 0 Å². The van der Waals surface area contributed by atoms with Gasteiger partial charge in [-0.2, -0.15) is 0 Å². The molecule has 1 aliphatic heterocycles. The number of anilines is 1. The first kappa shape index (κ1) is 17.2. The van der Waals surface area contributed by atoms with Crippen LogP contribution in [0.5, 0.6) is 5.75 Å². The van der Waals surface area contributed by atoms with E-state index in [0.717, 1.165) is 0 Å². The maximum atomic E-state index is 12.4. The number of carbonyl (C=O) groups excluding carboxylic acids is 2. The largest absolute Gasteiger partial charge is 0.508 e. The number of furan rings is 1. The second kappa shape index (κ2) is 7.54. The van der Waals surface area contributed by atoms with E-state index >= 15 is 0 Å². The van der Waals surface area contributed by atoms with Crippen molar-refractivity contribution in [3.8, 4) is 5.75 Å². The van der Waals surface area contributed by atoms with Crippen LogP contribution in [0.15, 0.2) is 52.0 Å². The Morgan fingerprint density at radius 1 is 1.32 bits per heavy atom. The molecule has 2 amide bonds. The Labute approximate surface area is 153 Å². The van der Waals surface area contributed by atoms with Crippen molar-refractivity contribution in [1.29, 1.82) is 0 Å². The number of thioether (sulfide) groups is 1. The van der Waals surface area contributed by atoms with Crippen LogP contribution in [0, 0.1) is 0 Å². The SMILES string of the molecule is O=C(CCN1C(=O)C(=Cc2ccco2)SC1=S)Nc1ccc(O)cc1. The first-order valence-electron chi connectivity index (χ1n) is 7.41. The van der Waals surface area contributed by atoms with Gasteiger partial charge < -0.3 is 14.8 Å². The van der Waals surface area contributed by atoms with Gasteiger partial charge in [0.05, 0.1) is 11.2 Å². The van der Waals surface area contributed by atoms with Crippen LogP contribution in [0.2, 0.25) is 0 Å². The molecule has 128 valence electrons. The molecule has 0 spiro atoms. The number of rotatable bonds is 5. The molecular weight excluding hydrogens is 360 g/mol. The summed E-state index contributed by atoms with van der Waals surface area (Å²) in [7, 11) is 0. The Balaban J connectivity index is 1.57. The van der Waals surface area contributed by atoms with Crippen LogP contribution in [-0.4, -0.2) is 32.7 Å². The topological polar surface area (TPSA) is 82.8 Å². The molecule has 1 aliphatic rings. The molecule has 0 unspecified atom stereocenters. The predicted molar refractivity (Wildman–Crippen MR) is 99.9 cm³/mol. The van der Waals surface area contributed by atoms with E-state index in [1.165, 1.54) is 35.1 Å². The molecule has 1 saturated heterocycles. The molecule has 1 fully saturated rings. The minimum atomic E-state index is -0.241. The van der Waals surface area contributed by atoms with Gasteiger partial charge >= 0.3 is 0 Å². The van der Waals surface area contributed by atoms with E-state index in [2.05, 4.69) is 5.32 Å². The Morgan fingerprint density at radius 2 is 2.08 bits per heavy atom. The fourth-order valence-corrected chi connectivity index (χ4v) is 3.47. The third-order valence-electron chi connectivity index (χ3n) is 3.40. The van der Waals surface area contributed by atoms with Gasteiger partial charge in [0, 0.05) is 24.7 Å². The molecule has 2 N–H and O–H groups in total. The van der Waals surface area contributed by atoms with E-state index in [1.54, 1.807) is 30.3 Å². The zero-order valence-corrected chi connectivity index (χ0v) is 14.6. The molecule has 0 bridgehead atoms. The van der Waals surface area contributed by atoms with Gasteiger partial charge in [0.15, 0.2) is 0 Å². The van der Waals surface area contributed by atoms with Crippen LogP contribution < -0.4 is 5.32 Å². The second-order valence-corrected chi connectivity index (χ2v) is 6.87. The lowest BCUT2D eigenvalue weighted by Gasteiger charge is -2.14. The zero-order chi connectivity index (χ0) is 17.8. The van der Waals surface area contributed by atoms with Crippen molar-refractivity contribution in [3.05, 3.63) is 53.3 Å². The number of hydrogen-bond acceptors (Lipinski definition) is 6. The molecule has 0 saturated carbocycles. The van der Waals surface area contributed by atoms with E-state index in [4.69, 9.17) is 16.6 Å². The van der Waals surface area contributed by atoms with Gasteiger partial charge in [-0.15, -0.1) is 0 Å². The average molecular weight is 374 g/mol. The molecule has 25 heavy (non-hydrogen) atoms. The summed E-state index contributed by atoms with van der Waals surface area (Å²) in [5.74, 6) is 0.225. The van der Waals surface area contributed by atoms with Crippen molar-refractivity contribution in [3.63, 3.8) is 0 Å². The van der Waals surface area contributed by atoms with Crippen molar-refractivity contribution >= 4 is 51.9 Å². The molecule has 8 heteroatoms. The summed E-state index contributed by atoms with van der Waals surface area (Å²) in [6.45, 7) is 0.198. The Kier molecular flexibility index (Phi) is 5.20. The van der Waals surface area contributed by atoms with Crippen molar-refractivity contribution in [2.24, 2.45) is 0 Å². The van der Waals surface area contributed by atoms with Gasteiger partial charge in [0.25, 0.3) is 5.91 Å². The molecule has 0 aliphatic carbocycles. The summed E-state index contributed by atoms with van der Waals surface area (Å²) >= 11 is 6.41. The van der Waals surface area contributed by atoms with Crippen LogP contribution in [0.1, 0.15) is 12.2 Å². The molecule has 2 aromatic rings. The molecule has 1 aromatic carbocycles. The van der Waals surface area contributed by atoms with Gasteiger partial charge in [-0.05, 0) is 36.4 Å². The lowest BCUT2D eigenvalue weighted by Crippen LogP contribution is -2.31. The summed E-state index contributed by atoms with van der Waals surface area (Å²) in [6.07, 6.45) is 3.28. The van der Waals surface area contributed by atoms with E-state index in [1.807, 2.05) is 0 Å². The Morgan fingerprint density at radius 3 is 2.76 bits per heavy atom. The van der Waals surface area contributed by atoms with Gasteiger partial charge in [-0.1, -0.05) is 24.0 Å². The van der Waals surface area contributed by atoms with Crippen LogP contribution in [0.3, 0.4) is 0 Å². The number of benzene rings is 1. The molecule has 2 heterocycles. The van der Waals surface area contributed by atoms with Crippen molar-refractivity contribution in [2.45, 2.75) is 6.42 Å². The lowest BCUT2D eigenvalue weighted by atomic mass is 10.3. The van der Waals surface area contributed by atoms with E-state index in [9.17, 15) is 14.7 Å². The number of phenols is 1. The highest BCUT2D eigenvalue weighted by Gasteiger charge is 2.32. The number of phenolic OH excluding ortho intramolecular Hbond substituents is 1. The second-order valence-electron chi connectivity index (χ2n) is 5.19.